The lowest BCUT2D eigenvalue weighted by Gasteiger charge is -2.22. The minimum atomic E-state index is 0.765. The Balaban J connectivity index is 2.48. The molecule has 0 bridgehead atoms. The Morgan fingerprint density at radius 2 is 1.89 bits per heavy atom. The molecule has 18 heavy (non-hydrogen) atoms. The largest absolute Gasteiger partial charge is 0.385 e. The van der Waals surface area contributed by atoms with E-state index >= 15 is 0 Å². The van der Waals surface area contributed by atoms with Gasteiger partial charge in [0, 0.05) is 44.9 Å². The van der Waals surface area contributed by atoms with Crippen molar-refractivity contribution in [2.45, 2.75) is 13.0 Å². The minimum Gasteiger partial charge on any atom is -0.385 e. The molecular weight excluding hydrogens is 294 g/mol. The first-order valence-corrected chi connectivity index (χ1v) is 7.00. The Labute approximate surface area is 118 Å². The van der Waals surface area contributed by atoms with Crippen LogP contribution in [0.2, 0.25) is 0 Å². The van der Waals surface area contributed by atoms with Gasteiger partial charge < -0.3 is 9.47 Å². The van der Waals surface area contributed by atoms with Crippen molar-refractivity contribution in [1.29, 1.82) is 0 Å². The van der Waals surface area contributed by atoms with Crippen molar-refractivity contribution in [3.05, 3.63) is 34.3 Å². The third-order valence-electron chi connectivity index (χ3n) is 2.73. The summed E-state index contributed by atoms with van der Waals surface area (Å²) in [5.41, 5.74) is 1.32. The van der Waals surface area contributed by atoms with Gasteiger partial charge in [-0.05, 0) is 24.1 Å². The topological polar surface area (TPSA) is 21.7 Å². The van der Waals surface area contributed by atoms with E-state index in [4.69, 9.17) is 9.47 Å². The van der Waals surface area contributed by atoms with E-state index in [-0.39, 0.29) is 0 Å². The van der Waals surface area contributed by atoms with Crippen LogP contribution in [0, 0.1) is 0 Å². The highest BCUT2D eigenvalue weighted by Crippen LogP contribution is 2.13. The maximum atomic E-state index is 5.16. The molecule has 4 heteroatoms. The second-order valence-corrected chi connectivity index (χ2v) is 5.16. The standard InChI is InChI=1S/C14H22BrNO2/c1-17-9-4-7-16(8-10-18-2)12-13-5-3-6-14(15)11-13/h3,5-6,11H,4,7-10,12H2,1-2H3. The fraction of sp³-hybridized carbons (Fsp3) is 0.571. The number of methoxy groups -OCH3 is 2. The Morgan fingerprint density at radius 1 is 1.11 bits per heavy atom. The molecule has 0 aromatic heterocycles. The zero-order valence-corrected chi connectivity index (χ0v) is 12.8. The Hall–Kier alpha value is -0.420. The molecule has 0 aliphatic rings. The van der Waals surface area contributed by atoms with Gasteiger partial charge >= 0.3 is 0 Å². The van der Waals surface area contributed by atoms with Crippen LogP contribution in [0.4, 0.5) is 0 Å². The molecular formula is C14H22BrNO2. The van der Waals surface area contributed by atoms with Crippen LogP contribution in [0.5, 0.6) is 0 Å². The van der Waals surface area contributed by atoms with Gasteiger partial charge in [0.25, 0.3) is 0 Å². The van der Waals surface area contributed by atoms with Crippen LogP contribution in [-0.4, -0.2) is 45.4 Å². The number of halogens is 1. The molecule has 0 heterocycles. The summed E-state index contributed by atoms with van der Waals surface area (Å²) in [5, 5.41) is 0. The number of benzene rings is 1. The first-order chi connectivity index (χ1) is 8.76. The molecule has 0 N–H and O–H groups in total. The Bertz CT molecular complexity index is 333. The van der Waals surface area contributed by atoms with Gasteiger partial charge in [0.1, 0.15) is 0 Å². The van der Waals surface area contributed by atoms with Crippen molar-refractivity contribution >= 4 is 15.9 Å². The summed E-state index contributed by atoms with van der Waals surface area (Å²) >= 11 is 3.51. The average Bonchev–Trinajstić information content (AvgIpc) is 2.36. The molecule has 0 amide bonds. The van der Waals surface area contributed by atoms with Crippen LogP contribution in [-0.2, 0) is 16.0 Å². The number of hydrogen-bond donors (Lipinski definition) is 0. The van der Waals surface area contributed by atoms with E-state index in [1.807, 2.05) is 6.07 Å². The first kappa shape index (κ1) is 15.6. The van der Waals surface area contributed by atoms with Crippen molar-refractivity contribution in [3.63, 3.8) is 0 Å². The van der Waals surface area contributed by atoms with E-state index < -0.39 is 0 Å². The van der Waals surface area contributed by atoms with E-state index in [1.165, 1.54) is 5.56 Å². The highest BCUT2D eigenvalue weighted by atomic mass is 79.9. The van der Waals surface area contributed by atoms with Crippen LogP contribution in [0.1, 0.15) is 12.0 Å². The summed E-state index contributed by atoms with van der Waals surface area (Å²) in [6.07, 6.45) is 1.05. The molecule has 0 aliphatic carbocycles. The molecule has 0 spiro atoms. The second kappa shape index (κ2) is 9.50. The maximum Gasteiger partial charge on any atom is 0.0589 e. The molecule has 0 unspecified atom stereocenters. The predicted octanol–water partition coefficient (Wildman–Crippen LogP) is 2.93. The fourth-order valence-corrected chi connectivity index (χ4v) is 2.26. The molecule has 0 saturated carbocycles. The van der Waals surface area contributed by atoms with Gasteiger partial charge in [-0.15, -0.1) is 0 Å². The lowest BCUT2D eigenvalue weighted by atomic mass is 10.2. The monoisotopic (exact) mass is 315 g/mol. The number of ether oxygens (including phenoxy) is 2. The van der Waals surface area contributed by atoms with Crippen LogP contribution >= 0.6 is 15.9 Å². The van der Waals surface area contributed by atoms with Gasteiger partial charge in [0.2, 0.25) is 0 Å². The van der Waals surface area contributed by atoms with Gasteiger partial charge in [-0.1, -0.05) is 28.1 Å². The summed E-state index contributed by atoms with van der Waals surface area (Å²) in [6, 6.07) is 8.44. The van der Waals surface area contributed by atoms with Gasteiger partial charge in [-0.3, -0.25) is 4.90 Å². The fourth-order valence-electron chi connectivity index (χ4n) is 1.82. The Morgan fingerprint density at radius 3 is 2.56 bits per heavy atom. The molecule has 1 aromatic carbocycles. The third kappa shape index (κ3) is 6.50. The highest BCUT2D eigenvalue weighted by Gasteiger charge is 2.06. The molecule has 102 valence electrons. The minimum absolute atomic E-state index is 0.765. The molecule has 3 nitrogen and oxygen atoms in total. The first-order valence-electron chi connectivity index (χ1n) is 6.21. The van der Waals surface area contributed by atoms with Crippen molar-refractivity contribution in [2.75, 3.05) is 40.5 Å². The van der Waals surface area contributed by atoms with Crippen molar-refractivity contribution in [2.24, 2.45) is 0 Å². The molecule has 0 fully saturated rings. The Kier molecular flexibility index (Phi) is 8.25. The molecule has 1 rings (SSSR count). The van der Waals surface area contributed by atoms with Crippen LogP contribution < -0.4 is 0 Å². The van der Waals surface area contributed by atoms with Crippen LogP contribution in [0.15, 0.2) is 28.7 Å². The maximum absolute atomic E-state index is 5.16. The third-order valence-corrected chi connectivity index (χ3v) is 3.22. The van der Waals surface area contributed by atoms with Crippen molar-refractivity contribution in [3.8, 4) is 0 Å². The molecule has 0 saturated heterocycles. The number of rotatable bonds is 9. The van der Waals surface area contributed by atoms with Gasteiger partial charge in [0.05, 0.1) is 6.61 Å². The molecule has 0 aliphatic heterocycles. The average molecular weight is 316 g/mol. The summed E-state index contributed by atoms with van der Waals surface area (Å²) in [4.78, 5) is 2.39. The van der Waals surface area contributed by atoms with Gasteiger partial charge in [-0.2, -0.15) is 0 Å². The van der Waals surface area contributed by atoms with Crippen LogP contribution in [0.3, 0.4) is 0 Å². The summed E-state index contributed by atoms with van der Waals surface area (Å²) in [7, 11) is 3.49. The zero-order chi connectivity index (χ0) is 13.2. The number of nitrogens with zero attached hydrogens (tertiary/aromatic N) is 1. The summed E-state index contributed by atoms with van der Waals surface area (Å²) < 4.78 is 11.4. The SMILES string of the molecule is COCCCN(CCOC)Cc1cccc(Br)c1. The smallest absolute Gasteiger partial charge is 0.0589 e. The summed E-state index contributed by atoms with van der Waals surface area (Å²) in [5.74, 6) is 0. The number of hydrogen-bond acceptors (Lipinski definition) is 3. The second-order valence-electron chi connectivity index (χ2n) is 4.25. The quantitative estimate of drug-likeness (QED) is 0.654. The van der Waals surface area contributed by atoms with Crippen molar-refractivity contribution in [1.82, 2.24) is 4.90 Å². The molecule has 1 aromatic rings. The normalized spacial score (nSPS) is 11.1. The van der Waals surface area contributed by atoms with E-state index in [0.29, 0.717) is 0 Å². The highest BCUT2D eigenvalue weighted by molar-refractivity contribution is 9.10. The molecule has 0 atom stereocenters. The molecule has 0 radical (unpaired) electrons. The van der Waals surface area contributed by atoms with E-state index in [0.717, 1.165) is 43.7 Å². The predicted molar refractivity (Wildman–Crippen MR) is 77.8 cm³/mol. The van der Waals surface area contributed by atoms with Gasteiger partial charge in [0.15, 0.2) is 0 Å². The van der Waals surface area contributed by atoms with E-state index in [2.05, 4.69) is 39.0 Å². The van der Waals surface area contributed by atoms with Crippen LogP contribution in [0.25, 0.3) is 0 Å². The van der Waals surface area contributed by atoms with E-state index in [1.54, 1.807) is 14.2 Å². The van der Waals surface area contributed by atoms with E-state index in [9.17, 15) is 0 Å². The lowest BCUT2D eigenvalue weighted by molar-refractivity contribution is 0.129. The zero-order valence-electron chi connectivity index (χ0n) is 11.2. The lowest BCUT2D eigenvalue weighted by Crippen LogP contribution is -2.28. The summed E-state index contributed by atoms with van der Waals surface area (Å²) in [6.45, 7) is 4.51. The van der Waals surface area contributed by atoms with Crippen molar-refractivity contribution < 1.29 is 9.47 Å². The van der Waals surface area contributed by atoms with Gasteiger partial charge in [-0.25, -0.2) is 0 Å².